The maximum atomic E-state index is 4.31. The lowest BCUT2D eigenvalue weighted by molar-refractivity contribution is 0.574. The maximum absolute atomic E-state index is 4.31. The van der Waals surface area contributed by atoms with Gasteiger partial charge in [0.1, 0.15) is 0 Å². The summed E-state index contributed by atoms with van der Waals surface area (Å²) in [5, 5.41) is 3.51. The first-order chi connectivity index (χ1) is 8.75. The van der Waals surface area contributed by atoms with Crippen LogP contribution in [0.5, 0.6) is 0 Å². The van der Waals surface area contributed by atoms with Gasteiger partial charge in [-0.2, -0.15) is 0 Å². The van der Waals surface area contributed by atoms with Gasteiger partial charge in [-0.1, -0.05) is 34.1 Å². The summed E-state index contributed by atoms with van der Waals surface area (Å²) in [5.74, 6) is 0. The molecule has 0 amide bonds. The monoisotopic (exact) mass is 304 g/mol. The van der Waals surface area contributed by atoms with E-state index in [-0.39, 0.29) is 0 Å². The molecule has 18 heavy (non-hydrogen) atoms. The predicted octanol–water partition coefficient (Wildman–Crippen LogP) is 3.74. The Morgan fingerprint density at radius 2 is 1.94 bits per heavy atom. The van der Waals surface area contributed by atoms with Crippen LogP contribution in [0.15, 0.2) is 53.1 Å². The van der Waals surface area contributed by atoms with E-state index in [0.29, 0.717) is 6.04 Å². The highest BCUT2D eigenvalue weighted by Gasteiger charge is 2.04. The van der Waals surface area contributed by atoms with Crippen molar-refractivity contribution in [2.24, 2.45) is 0 Å². The Bertz CT molecular complexity index is 468. The van der Waals surface area contributed by atoms with Crippen molar-refractivity contribution < 1.29 is 0 Å². The van der Waals surface area contributed by atoms with Crippen LogP contribution >= 0.6 is 15.9 Å². The molecule has 1 aromatic heterocycles. The Morgan fingerprint density at radius 1 is 1.17 bits per heavy atom. The van der Waals surface area contributed by atoms with Crippen LogP contribution in [0.1, 0.15) is 24.2 Å². The molecule has 1 atom stereocenters. The lowest BCUT2D eigenvalue weighted by Crippen LogP contribution is -2.21. The Hall–Kier alpha value is -1.19. The first-order valence-corrected chi connectivity index (χ1v) is 6.94. The van der Waals surface area contributed by atoms with Crippen molar-refractivity contribution in [3.63, 3.8) is 0 Å². The first-order valence-electron chi connectivity index (χ1n) is 6.14. The molecular weight excluding hydrogens is 288 g/mol. The van der Waals surface area contributed by atoms with Crippen molar-refractivity contribution in [3.8, 4) is 0 Å². The Kier molecular flexibility index (Phi) is 4.90. The zero-order chi connectivity index (χ0) is 12.8. The minimum Gasteiger partial charge on any atom is -0.310 e. The molecule has 3 heteroatoms. The van der Waals surface area contributed by atoms with E-state index in [1.165, 1.54) is 5.56 Å². The van der Waals surface area contributed by atoms with Crippen LogP contribution in [0.3, 0.4) is 0 Å². The molecule has 0 radical (unpaired) electrons. The summed E-state index contributed by atoms with van der Waals surface area (Å²) in [5.41, 5.74) is 2.44. The van der Waals surface area contributed by atoms with Gasteiger partial charge in [0.2, 0.25) is 0 Å². The van der Waals surface area contributed by atoms with Crippen LogP contribution in [0.4, 0.5) is 0 Å². The molecule has 0 spiro atoms. The van der Waals surface area contributed by atoms with E-state index >= 15 is 0 Å². The first kappa shape index (κ1) is 13.2. The minimum absolute atomic E-state index is 0.363. The topological polar surface area (TPSA) is 24.9 Å². The summed E-state index contributed by atoms with van der Waals surface area (Å²) in [6.45, 7) is 3.12. The number of hydrogen-bond acceptors (Lipinski definition) is 2. The smallest absolute Gasteiger partial charge is 0.0416 e. The van der Waals surface area contributed by atoms with Crippen LogP contribution < -0.4 is 5.32 Å². The second kappa shape index (κ2) is 6.66. The minimum atomic E-state index is 0.363. The lowest BCUT2D eigenvalue weighted by atomic mass is 10.1. The van der Waals surface area contributed by atoms with E-state index < -0.39 is 0 Å². The lowest BCUT2D eigenvalue weighted by Gasteiger charge is -2.14. The van der Waals surface area contributed by atoms with Gasteiger partial charge in [0.15, 0.2) is 0 Å². The summed E-state index contributed by atoms with van der Waals surface area (Å²) >= 11 is 3.45. The summed E-state index contributed by atoms with van der Waals surface area (Å²) in [7, 11) is 0. The zero-order valence-electron chi connectivity index (χ0n) is 10.4. The molecule has 0 aliphatic rings. The highest BCUT2D eigenvalue weighted by molar-refractivity contribution is 9.10. The molecule has 0 bridgehead atoms. The zero-order valence-corrected chi connectivity index (χ0v) is 12.0. The molecule has 0 saturated carbocycles. The van der Waals surface area contributed by atoms with E-state index in [2.05, 4.69) is 63.5 Å². The van der Waals surface area contributed by atoms with Crippen molar-refractivity contribution in [1.82, 2.24) is 10.3 Å². The van der Waals surface area contributed by atoms with Gasteiger partial charge >= 0.3 is 0 Å². The highest BCUT2D eigenvalue weighted by Crippen LogP contribution is 2.16. The van der Waals surface area contributed by atoms with Gasteiger partial charge in [-0.05, 0) is 36.8 Å². The van der Waals surface area contributed by atoms with Crippen LogP contribution in [-0.4, -0.2) is 11.5 Å². The van der Waals surface area contributed by atoms with Gasteiger partial charge in [0, 0.05) is 35.4 Å². The summed E-state index contributed by atoms with van der Waals surface area (Å²) in [6, 6.07) is 14.8. The summed E-state index contributed by atoms with van der Waals surface area (Å²) in [4.78, 5) is 4.31. The van der Waals surface area contributed by atoms with E-state index in [4.69, 9.17) is 0 Å². The standard InChI is InChI=1S/C15H17BrN2/c1-12(13-5-7-14(16)8-6-13)17-11-9-15-4-2-3-10-18-15/h2-8,10,12,17H,9,11H2,1H3/t12-/m0/s1. The molecule has 1 N–H and O–H groups in total. The van der Waals surface area contributed by atoms with Crippen molar-refractivity contribution in [2.75, 3.05) is 6.54 Å². The number of hydrogen-bond donors (Lipinski definition) is 1. The van der Waals surface area contributed by atoms with Crippen molar-refractivity contribution in [3.05, 3.63) is 64.4 Å². The van der Waals surface area contributed by atoms with Gasteiger partial charge in [-0.25, -0.2) is 0 Å². The van der Waals surface area contributed by atoms with E-state index in [9.17, 15) is 0 Å². The number of benzene rings is 1. The van der Waals surface area contributed by atoms with Gasteiger partial charge in [0.25, 0.3) is 0 Å². The molecule has 0 unspecified atom stereocenters. The summed E-state index contributed by atoms with van der Waals surface area (Å²) in [6.07, 6.45) is 2.80. The van der Waals surface area contributed by atoms with E-state index in [0.717, 1.165) is 23.1 Å². The average Bonchev–Trinajstić information content (AvgIpc) is 2.40. The maximum Gasteiger partial charge on any atom is 0.0416 e. The number of halogens is 1. The average molecular weight is 305 g/mol. The van der Waals surface area contributed by atoms with Gasteiger partial charge < -0.3 is 5.32 Å². The third kappa shape index (κ3) is 3.93. The Morgan fingerprint density at radius 3 is 2.61 bits per heavy atom. The van der Waals surface area contributed by atoms with Crippen LogP contribution in [0.25, 0.3) is 0 Å². The predicted molar refractivity (Wildman–Crippen MR) is 78.5 cm³/mol. The number of pyridine rings is 1. The second-order valence-electron chi connectivity index (χ2n) is 4.30. The molecule has 0 fully saturated rings. The van der Waals surface area contributed by atoms with Crippen LogP contribution in [-0.2, 0) is 6.42 Å². The van der Waals surface area contributed by atoms with E-state index in [1.807, 2.05) is 18.3 Å². The molecule has 0 aliphatic heterocycles. The van der Waals surface area contributed by atoms with Crippen molar-refractivity contribution in [1.29, 1.82) is 0 Å². The van der Waals surface area contributed by atoms with Crippen LogP contribution in [0, 0.1) is 0 Å². The van der Waals surface area contributed by atoms with E-state index in [1.54, 1.807) is 0 Å². The quantitative estimate of drug-likeness (QED) is 0.910. The fourth-order valence-electron chi connectivity index (χ4n) is 1.83. The number of aromatic nitrogens is 1. The fourth-order valence-corrected chi connectivity index (χ4v) is 2.10. The van der Waals surface area contributed by atoms with Gasteiger partial charge in [-0.3, -0.25) is 4.98 Å². The number of rotatable bonds is 5. The molecule has 0 saturated heterocycles. The molecule has 2 aromatic rings. The highest BCUT2D eigenvalue weighted by atomic mass is 79.9. The van der Waals surface area contributed by atoms with Crippen molar-refractivity contribution in [2.45, 2.75) is 19.4 Å². The summed E-state index contributed by atoms with van der Waals surface area (Å²) < 4.78 is 1.12. The van der Waals surface area contributed by atoms with Gasteiger partial charge in [0.05, 0.1) is 0 Å². The van der Waals surface area contributed by atoms with Crippen LogP contribution in [0.2, 0.25) is 0 Å². The normalized spacial score (nSPS) is 12.3. The fraction of sp³-hybridized carbons (Fsp3) is 0.267. The third-order valence-electron chi connectivity index (χ3n) is 2.93. The Labute approximate surface area is 117 Å². The largest absolute Gasteiger partial charge is 0.310 e. The molecular formula is C15H17BrN2. The van der Waals surface area contributed by atoms with Gasteiger partial charge in [-0.15, -0.1) is 0 Å². The number of nitrogens with zero attached hydrogens (tertiary/aromatic N) is 1. The third-order valence-corrected chi connectivity index (χ3v) is 3.46. The molecule has 1 heterocycles. The molecule has 94 valence electrons. The molecule has 2 rings (SSSR count). The molecule has 1 aromatic carbocycles. The number of nitrogens with one attached hydrogen (secondary N) is 1. The Balaban J connectivity index is 1.81. The second-order valence-corrected chi connectivity index (χ2v) is 5.21. The molecule has 0 aliphatic carbocycles. The molecule has 2 nitrogen and oxygen atoms in total. The van der Waals surface area contributed by atoms with Crippen molar-refractivity contribution >= 4 is 15.9 Å². The SMILES string of the molecule is C[C@H](NCCc1ccccn1)c1ccc(Br)cc1.